The van der Waals surface area contributed by atoms with Gasteiger partial charge in [0, 0.05) is 12.6 Å². The van der Waals surface area contributed by atoms with Crippen LogP contribution in [0.5, 0.6) is 5.75 Å². The van der Waals surface area contributed by atoms with Crippen LogP contribution in [0.15, 0.2) is 48.5 Å². The molecule has 0 saturated heterocycles. The third-order valence-electron chi connectivity index (χ3n) is 4.59. The maximum atomic E-state index is 13.1. The van der Waals surface area contributed by atoms with Crippen molar-refractivity contribution in [1.82, 2.24) is 10.2 Å². The van der Waals surface area contributed by atoms with Crippen LogP contribution in [0.4, 0.5) is 0 Å². The molecule has 5 nitrogen and oxygen atoms in total. The first kappa shape index (κ1) is 21.5. The molecule has 2 amide bonds. The van der Waals surface area contributed by atoms with E-state index in [0.717, 1.165) is 22.4 Å². The highest BCUT2D eigenvalue weighted by molar-refractivity contribution is 5.88. The molecular formula is C23H30N2O3. The van der Waals surface area contributed by atoms with Gasteiger partial charge in [0.05, 0.1) is 13.5 Å². The summed E-state index contributed by atoms with van der Waals surface area (Å²) in [5.41, 5.74) is 3.03. The molecule has 2 aromatic rings. The van der Waals surface area contributed by atoms with Gasteiger partial charge in [0.15, 0.2) is 0 Å². The fraction of sp³-hybridized carbons (Fsp3) is 0.391. The number of benzene rings is 2. The molecule has 0 heterocycles. The van der Waals surface area contributed by atoms with Crippen LogP contribution in [0.2, 0.25) is 0 Å². The molecule has 0 fully saturated rings. The van der Waals surface area contributed by atoms with E-state index in [4.69, 9.17) is 4.74 Å². The molecule has 5 heteroatoms. The number of nitrogens with one attached hydrogen (secondary N) is 1. The Labute approximate surface area is 167 Å². The van der Waals surface area contributed by atoms with Gasteiger partial charge in [-0.3, -0.25) is 9.59 Å². The van der Waals surface area contributed by atoms with Gasteiger partial charge < -0.3 is 15.0 Å². The normalized spacial score (nSPS) is 11.8. The predicted octanol–water partition coefficient (Wildman–Crippen LogP) is 3.49. The molecule has 0 bridgehead atoms. The molecule has 150 valence electrons. The molecule has 0 unspecified atom stereocenters. The molecule has 0 aliphatic heterocycles. The number of hydrogen-bond acceptors (Lipinski definition) is 3. The van der Waals surface area contributed by atoms with Crippen LogP contribution < -0.4 is 10.1 Å². The first-order valence-corrected chi connectivity index (χ1v) is 9.58. The molecule has 0 aliphatic carbocycles. The van der Waals surface area contributed by atoms with Gasteiger partial charge in [-0.2, -0.15) is 0 Å². The Bertz CT molecular complexity index is 782. The number of ether oxygens (including phenoxy) is 1. The molecule has 0 radical (unpaired) electrons. The van der Waals surface area contributed by atoms with Gasteiger partial charge in [-0.05, 0) is 51.0 Å². The summed E-state index contributed by atoms with van der Waals surface area (Å²) in [5, 5.41) is 2.90. The quantitative estimate of drug-likeness (QED) is 0.760. The Kier molecular flexibility index (Phi) is 7.61. The summed E-state index contributed by atoms with van der Waals surface area (Å²) in [6, 6.07) is 14.9. The van der Waals surface area contributed by atoms with Crippen molar-refractivity contribution in [3.05, 3.63) is 65.2 Å². The average molecular weight is 383 g/mol. The van der Waals surface area contributed by atoms with Crippen LogP contribution in [0.25, 0.3) is 0 Å². The lowest BCUT2D eigenvalue weighted by atomic mass is 10.1. The number of carbonyl (C=O) groups is 2. The largest absolute Gasteiger partial charge is 0.497 e. The number of amides is 2. The Morgan fingerprint density at radius 1 is 0.964 bits per heavy atom. The second-order valence-corrected chi connectivity index (χ2v) is 7.37. The molecule has 0 aliphatic rings. The zero-order chi connectivity index (χ0) is 20.7. The standard InChI is InChI=1S/C23H30N2O3/c1-16(2)24-23(27)18(4)25(15-20-10-12-21(28-5)13-11-20)22(26)14-19-8-6-17(3)7-9-19/h6-13,16,18H,14-15H2,1-5H3,(H,24,27)/t18-/m0/s1. The Morgan fingerprint density at radius 3 is 2.07 bits per heavy atom. The van der Waals surface area contributed by atoms with Gasteiger partial charge >= 0.3 is 0 Å². The summed E-state index contributed by atoms with van der Waals surface area (Å²) < 4.78 is 5.20. The average Bonchev–Trinajstić information content (AvgIpc) is 2.67. The molecule has 28 heavy (non-hydrogen) atoms. The second kappa shape index (κ2) is 9.93. The molecular weight excluding hydrogens is 352 g/mol. The van der Waals surface area contributed by atoms with Crippen LogP contribution >= 0.6 is 0 Å². The van der Waals surface area contributed by atoms with Crippen LogP contribution in [0, 0.1) is 6.92 Å². The number of methoxy groups -OCH3 is 1. The maximum absolute atomic E-state index is 13.1. The summed E-state index contributed by atoms with van der Waals surface area (Å²) in [5.74, 6) is 0.527. The van der Waals surface area contributed by atoms with Gasteiger partial charge in [-0.25, -0.2) is 0 Å². The smallest absolute Gasteiger partial charge is 0.242 e. The van der Waals surface area contributed by atoms with Gasteiger partial charge in [-0.1, -0.05) is 42.0 Å². The molecule has 2 aromatic carbocycles. The van der Waals surface area contributed by atoms with Gasteiger partial charge in [0.1, 0.15) is 11.8 Å². The van der Waals surface area contributed by atoms with Crippen LogP contribution in [-0.2, 0) is 22.6 Å². The highest BCUT2D eigenvalue weighted by Crippen LogP contribution is 2.16. The third-order valence-corrected chi connectivity index (χ3v) is 4.59. The van der Waals surface area contributed by atoms with E-state index in [1.54, 1.807) is 18.9 Å². The van der Waals surface area contributed by atoms with Crippen molar-refractivity contribution >= 4 is 11.8 Å². The van der Waals surface area contributed by atoms with Crippen molar-refractivity contribution in [2.24, 2.45) is 0 Å². The number of hydrogen-bond donors (Lipinski definition) is 1. The third kappa shape index (κ3) is 6.12. The summed E-state index contributed by atoms with van der Waals surface area (Å²) in [7, 11) is 1.62. The van der Waals surface area contributed by atoms with E-state index in [1.807, 2.05) is 69.3 Å². The van der Waals surface area contributed by atoms with Crippen LogP contribution in [-0.4, -0.2) is 35.9 Å². The Morgan fingerprint density at radius 2 is 1.54 bits per heavy atom. The zero-order valence-corrected chi connectivity index (χ0v) is 17.4. The number of aryl methyl sites for hydroxylation is 1. The predicted molar refractivity (Wildman–Crippen MR) is 111 cm³/mol. The maximum Gasteiger partial charge on any atom is 0.242 e. The summed E-state index contributed by atoms with van der Waals surface area (Å²) in [4.78, 5) is 27.3. The SMILES string of the molecule is COc1ccc(CN(C(=O)Cc2ccc(C)cc2)[C@@H](C)C(=O)NC(C)C)cc1. The van der Waals surface area contributed by atoms with Gasteiger partial charge in [-0.15, -0.1) is 0 Å². The van der Waals surface area contributed by atoms with E-state index < -0.39 is 6.04 Å². The monoisotopic (exact) mass is 382 g/mol. The minimum atomic E-state index is -0.567. The van der Waals surface area contributed by atoms with Crippen molar-refractivity contribution in [3.8, 4) is 5.75 Å². The summed E-state index contributed by atoms with van der Waals surface area (Å²) >= 11 is 0. The van der Waals surface area contributed by atoms with Gasteiger partial charge in [0.25, 0.3) is 0 Å². The molecule has 0 spiro atoms. The Balaban J connectivity index is 2.21. The van der Waals surface area contributed by atoms with Crippen molar-refractivity contribution in [1.29, 1.82) is 0 Å². The lowest BCUT2D eigenvalue weighted by molar-refractivity contribution is -0.140. The molecule has 2 rings (SSSR count). The van der Waals surface area contributed by atoms with E-state index in [1.165, 1.54) is 0 Å². The van der Waals surface area contributed by atoms with Crippen LogP contribution in [0.1, 0.15) is 37.5 Å². The Hall–Kier alpha value is -2.82. The molecule has 0 aromatic heterocycles. The summed E-state index contributed by atoms with van der Waals surface area (Å²) in [6.07, 6.45) is 0.260. The minimum absolute atomic E-state index is 0.0185. The minimum Gasteiger partial charge on any atom is -0.497 e. The highest BCUT2D eigenvalue weighted by Gasteiger charge is 2.26. The number of rotatable bonds is 8. The van der Waals surface area contributed by atoms with Crippen molar-refractivity contribution < 1.29 is 14.3 Å². The molecule has 0 saturated carbocycles. The molecule has 1 atom stereocenters. The van der Waals surface area contributed by atoms with Crippen molar-refractivity contribution in [2.45, 2.75) is 52.7 Å². The highest BCUT2D eigenvalue weighted by atomic mass is 16.5. The first-order chi connectivity index (χ1) is 13.3. The number of nitrogens with zero attached hydrogens (tertiary/aromatic N) is 1. The second-order valence-electron chi connectivity index (χ2n) is 7.37. The lowest BCUT2D eigenvalue weighted by Crippen LogP contribution is -2.49. The van der Waals surface area contributed by atoms with E-state index in [0.29, 0.717) is 6.54 Å². The van der Waals surface area contributed by atoms with E-state index in [9.17, 15) is 9.59 Å². The van der Waals surface area contributed by atoms with Crippen molar-refractivity contribution in [3.63, 3.8) is 0 Å². The number of carbonyl (C=O) groups excluding carboxylic acids is 2. The van der Waals surface area contributed by atoms with E-state index in [2.05, 4.69) is 5.32 Å². The lowest BCUT2D eigenvalue weighted by Gasteiger charge is -2.29. The summed E-state index contributed by atoms with van der Waals surface area (Å²) in [6.45, 7) is 7.97. The zero-order valence-electron chi connectivity index (χ0n) is 17.4. The van der Waals surface area contributed by atoms with E-state index in [-0.39, 0.29) is 24.3 Å². The van der Waals surface area contributed by atoms with Crippen LogP contribution in [0.3, 0.4) is 0 Å². The van der Waals surface area contributed by atoms with E-state index >= 15 is 0 Å². The first-order valence-electron chi connectivity index (χ1n) is 9.58. The molecule has 1 N–H and O–H groups in total. The van der Waals surface area contributed by atoms with Crippen molar-refractivity contribution in [2.75, 3.05) is 7.11 Å². The topological polar surface area (TPSA) is 58.6 Å². The fourth-order valence-electron chi connectivity index (χ4n) is 2.90. The van der Waals surface area contributed by atoms with Gasteiger partial charge in [0.2, 0.25) is 11.8 Å². The fourth-order valence-corrected chi connectivity index (χ4v) is 2.90.